The van der Waals surface area contributed by atoms with Gasteiger partial charge in [0.05, 0.1) is 0 Å². The molecule has 0 aromatic carbocycles. The molecule has 0 atom stereocenters. The van der Waals surface area contributed by atoms with Crippen LogP contribution in [-0.4, -0.2) is 4.98 Å². The molecule has 0 aliphatic rings. The van der Waals surface area contributed by atoms with Crippen molar-refractivity contribution in [3.05, 3.63) is 30.6 Å². The van der Waals surface area contributed by atoms with Crippen LogP contribution in [0.15, 0.2) is 30.6 Å². The van der Waals surface area contributed by atoms with Gasteiger partial charge in [-0.05, 0) is 12.1 Å². The topological polar surface area (TPSA) is 12.9 Å². The predicted molar refractivity (Wildman–Crippen MR) is 24.2 cm³/mol. The molecule has 0 aliphatic carbocycles. The number of rotatable bonds is 0. The molecule has 0 bridgehead atoms. The van der Waals surface area contributed by atoms with E-state index in [2.05, 4.69) is 4.98 Å². The minimum absolute atomic E-state index is 0. The third kappa shape index (κ3) is 4.30. The van der Waals surface area contributed by atoms with E-state index in [1.807, 2.05) is 18.2 Å². The van der Waals surface area contributed by atoms with Gasteiger partial charge in [0.25, 0.3) is 0 Å². The van der Waals surface area contributed by atoms with Crippen LogP contribution in [0.2, 0.25) is 0 Å². The molecule has 0 amide bonds. The van der Waals surface area contributed by atoms with Crippen molar-refractivity contribution in [2.75, 3.05) is 0 Å². The van der Waals surface area contributed by atoms with Crippen LogP contribution >= 0.6 is 0 Å². The van der Waals surface area contributed by atoms with E-state index < -0.39 is 0 Å². The Morgan fingerprint density at radius 2 is 1.25 bits per heavy atom. The molecule has 0 unspecified atom stereocenters. The summed E-state index contributed by atoms with van der Waals surface area (Å²) in [6.07, 6.45) is 3.50. The zero-order valence-electron chi connectivity index (χ0n) is 3.97. The van der Waals surface area contributed by atoms with Crippen LogP contribution in [0.25, 0.3) is 0 Å². The van der Waals surface area contributed by atoms with Gasteiger partial charge in [0.2, 0.25) is 0 Å². The number of nitrogens with zero attached hydrogens (tertiary/aromatic N) is 1. The standard InChI is InChI=1S/C5H5N.2Ni/c1-2-4-6-5-3-1;;/h1-5H;;. The van der Waals surface area contributed by atoms with Gasteiger partial charge in [0.15, 0.2) is 0 Å². The number of aromatic nitrogens is 1. The summed E-state index contributed by atoms with van der Waals surface area (Å²) in [5, 5.41) is 0. The molecule has 0 saturated heterocycles. The maximum atomic E-state index is 3.78. The van der Waals surface area contributed by atoms with E-state index in [0.717, 1.165) is 0 Å². The fraction of sp³-hybridized carbons (Fsp3) is 0. The fourth-order valence-corrected chi connectivity index (χ4v) is 0.313. The molecule has 0 aliphatic heterocycles. The van der Waals surface area contributed by atoms with Crippen molar-refractivity contribution in [3.63, 3.8) is 0 Å². The summed E-state index contributed by atoms with van der Waals surface area (Å²) < 4.78 is 0. The van der Waals surface area contributed by atoms with Gasteiger partial charge in [-0.1, -0.05) is 6.07 Å². The molecule has 8 heavy (non-hydrogen) atoms. The average molecular weight is 196 g/mol. The van der Waals surface area contributed by atoms with Crippen LogP contribution in [0.5, 0.6) is 0 Å². The molecule has 0 N–H and O–H groups in total. The molecule has 1 heterocycles. The first kappa shape index (κ1) is 11.0. The molecule has 1 aromatic rings. The Morgan fingerprint density at radius 3 is 1.38 bits per heavy atom. The van der Waals surface area contributed by atoms with Crippen LogP contribution in [0.3, 0.4) is 0 Å². The molecule has 0 fully saturated rings. The van der Waals surface area contributed by atoms with Crippen molar-refractivity contribution in [1.82, 2.24) is 4.98 Å². The molecular weight excluding hydrogens is 191 g/mol. The monoisotopic (exact) mass is 195 g/mol. The van der Waals surface area contributed by atoms with Crippen molar-refractivity contribution in [3.8, 4) is 0 Å². The van der Waals surface area contributed by atoms with Crippen molar-refractivity contribution in [2.45, 2.75) is 0 Å². The van der Waals surface area contributed by atoms with E-state index in [4.69, 9.17) is 0 Å². The van der Waals surface area contributed by atoms with E-state index in [-0.39, 0.29) is 33.0 Å². The summed E-state index contributed by atoms with van der Waals surface area (Å²) in [6.45, 7) is 0. The minimum atomic E-state index is 0. The Morgan fingerprint density at radius 1 is 0.750 bits per heavy atom. The third-order valence-corrected chi connectivity index (χ3v) is 0.566. The second kappa shape index (κ2) is 7.14. The first-order chi connectivity index (χ1) is 3.00. The zero-order valence-corrected chi connectivity index (χ0v) is 5.94. The maximum absolute atomic E-state index is 3.78. The minimum Gasteiger partial charge on any atom is -0.265 e. The summed E-state index contributed by atoms with van der Waals surface area (Å²) in [5.74, 6) is 0. The number of hydrogen-bond donors (Lipinski definition) is 0. The van der Waals surface area contributed by atoms with Gasteiger partial charge in [-0.25, -0.2) is 0 Å². The summed E-state index contributed by atoms with van der Waals surface area (Å²) in [5.41, 5.74) is 0. The first-order valence-electron chi connectivity index (χ1n) is 1.85. The van der Waals surface area contributed by atoms with E-state index >= 15 is 0 Å². The average Bonchev–Trinajstić information content (AvgIpc) is 1.72. The number of pyridine rings is 1. The van der Waals surface area contributed by atoms with E-state index in [0.29, 0.717) is 0 Å². The molecule has 0 spiro atoms. The van der Waals surface area contributed by atoms with Crippen molar-refractivity contribution >= 4 is 0 Å². The SMILES string of the molecule is [Ni].[Ni].c1ccncc1. The Balaban J connectivity index is 0. The maximum Gasteiger partial charge on any atom is 0.0267 e. The smallest absolute Gasteiger partial charge is 0.0267 e. The fourth-order valence-electron chi connectivity index (χ4n) is 0.313. The molecule has 1 nitrogen and oxygen atoms in total. The Labute approximate surface area is 68.7 Å². The second-order valence-electron chi connectivity index (χ2n) is 1.02. The van der Waals surface area contributed by atoms with Crippen molar-refractivity contribution in [2.24, 2.45) is 0 Å². The van der Waals surface area contributed by atoms with Crippen LogP contribution in [0, 0.1) is 0 Å². The van der Waals surface area contributed by atoms with E-state index in [1.54, 1.807) is 12.4 Å². The Bertz CT molecular complexity index is 82.4. The summed E-state index contributed by atoms with van der Waals surface area (Å²) in [6, 6.07) is 5.72. The second-order valence-corrected chi connectivity index (χ2v) is 1.02. The Kier molecular flexibility index (Phi) is 9.82. The molecule has 0 saturated carbocycles. The van der Waals surface area contributed by atoms with Crippen LogP contribution < -0.4 is 0 Å². The quantitative estimate of drug-likeness (QED) is 0.566. The molecular formula is C5H5NNi2. The van der Waals surface area contributed by atoms with Crippen LogP contribution in [0.1, 0.15) is 0 Å². The normalized spacial score (nSPS) is 6.00. The van der Waals surface area contributed by atoms with E-state index in [1.165, 1.54) is 0 Å². The van der Waals surface area contributed by atoms with Gasteiger partial charge < -0.3 is 0 Å². The third-order valence-electron chi connectivity index (χ3n) is 0.566. The molecule has 0 radical (unpaired) electrons. The summed E-state index contributed by atoms with van der Waals surface area (Å²) >= 11 is 0. The Hall–Kier alpha value is 0.137. The van der Waals surface area contributed by atoms with E-state index in [9.17, 15) is 0 Å². The summed E-state index contributed by atoms with van der Waals surface area (Å²) in [4.78, 5) is 3.78. The van der Waals surface area contributed by atoms with Gasteiger partial charge >= 0.3 is 0 Å². The van der Waals surface area contributed by atoms with Gasteiger partial charge in [-0.3, -0.25) is 4.98 Å². The first-order valence-corrected chi connectivity index (χ1v) is 1.85. The molecule has 1 aromatic heterocycles. The zero-order chi connectivity index (χ0) is 4.24. The van der Waals surface area contributed by atoms with Crippen molar-refractivity contribution < 1.29 is 33.0 Å². The molecule has 3 heteroatoms. The van der Waals surface area contributed by atoms with Crippen molar-refractivity contribution in [1.29, 1.82) is 0 Å². The predicted octanol–water partition coefficient (Wildman–Crippen LogP) is 1.08. The van der Waals surface area contributed by atoms with Gasteiger partial charge in [0, 0.05) is 45.4 Å². The van der Waals surface area contributed by atoms with Crippen LogP contribution in [0.4, 0.5) is 0 Å². The van der Waals surface area contributed by atoms with Gasteiger partial charge in [0.1, 0.15) is 0 Å². The number of hydrogen-bond acceptors (Lipinski definition) is 1. The van der Waals surface area contributed by atoms with Crippen LogP contribution in [-0.2, 0) is 33.0 Å². The molecule has 1 rings (SSSR count). The summed E-state index contributed by atoms with van der Waals surface area (Å²) in [7, 11) is 0. The largest absolute Gasteiger partial charge is 0.265 e. The van der Waals surface area contributed by atoms with Gasteiger partial charge in [-0.2, -0.15) is 0 Å². The van der Waals surface area contributed by atoms with Gasteiger partial charge in [-0.15, -0.1) is 0 Å². The molecule has 50 valence electrons.